The van der Waals surface area contributed by atoms with Crippen LogP contribution >= 0.6 is 0 Å². The summed E-state index contributed by atoms with van der Waals surface area (Å²) in [6, 6.07) is 25.9. The minimum absolute atomic E-state index is 0.123. The minimum Gasteiger partial charge on any atom is -0.402 e. The Morgan fingerprint density at radius 1 is 0.805 bits per heavy atom. The van der Waals surface area contributed by atoms with Crippen LogP contribution in [0.2, 0.25) is 0 Å². The fraction of sp³-hybridized carbons (Fsp3) is 0.412. The van der Waals surface area contributed by atoms with Gasteiger partial charge in [-0.2, -0.15) is 0 Å². The van der Waals surface area contributed by atoms with Gasteiger partial charge in [-0.15, -0.1) is 0 Å². The summed E-state index contributed by atoms with van der Waals surface area (Å²) >= 11 is 0. The van der Waals surface area contributed by atoms with Gasteiger partial charge in [-0.25, -0.2) is 0 Å². The van der Waals surface area contributed by atoms with Gasteiger partial charge in [0.1, 0.15) is 0 Å². The van der Waals surface area contributed by atoms with E-state index in [2.05, 4.69) is 43.5 Å². The monoisotopic (exact) mass is 556 g/mol. The van der Waals surface area contributed by atoms with Crippen molar-refractivity contribution >= 4 is 18.9 Å². The zero-order chi connectivity index (χ0) is 30.2. The highest BCUT2D eigenvalue weighted by molar-refractivity contribution is 6.48. The fourth-order valence-electron chi connectivity index (χ4n) is 4.52. The first-order valence-corrected chi connectivity index (χ1v) is 14.4. The summed E-state index contributed by atoms with van der Waals surface area (Å²) in [6.07, 6.45) is 0.703. The smallest absolute Gasteiger partial charge is 0.402 e. The van der Waals surface area contributed by atoms with E-state index in [1.807, 2.05) is 101 Å². The van der Waals surface area contributed by atoms with E-state index < -0.39 is 18.3 Å². The lowest BCUT2D eigenvalue weighted by molar-refractivity contribution is -0.120. The lowest BCUT2D eigenvalue weighted by atomic mass is 9.74. The molecule has 0 bridgehead atoms. The molecule has 1 atom stereocenters. The average molecular weight is 557 g/mol. The Morgan fingerprint density at radius 3 is 1.88 bits per heavy atom. The predicted molar refractivity (Wildman–Crippen MR) is 168 cm³/mol. The number of nitrogens with one attached hydrogen (secondary N) is 2. The Balaban J connectivity index is 0.000000575. The minimum atomic E-state index is -0.545. The Labute approximate surface area is 246 Å². The molecule has 2 N–H and O–H groups in total. The van der Waals surface area contributed by atoms with Crippen molar-refractivity contribution in [1.29, 1.82) is 0 Å². The number of aryl methyl sites for hydroxylation is 2. The van der Waals surface area contributed by atoms with E-state index in [0.29, 0.717) is 17.9 Å². The van der Waals surface area contributed by atoms with E-state index in [-0.39, 0.29) is 24.3 Å². The molecule has 7 heteroatoms. The normalized spacial score (nSPS) is 16.0. The molecule has 0 aromatic heterocycles. The average Bonchev–Trinajstić information content (AvgIpc) is 3.14. The van der Waals surface area contributed by atoms with Crippen LogP contribution in [0.15, 0.2) is 78.9 Å². The highest BCUT2D eigenvalue weighted by Crippen LogP contribution is 2.38. The van der Waals surface area contributed by atoms with Gasteiger partial charge in [-0.05, 0) is 76.6 Å². The SMILES string of the molecule is Cc1ccc(-c2ccccc2)cc1C(=O)NCC(=O)NC(CC(C)C)B1OC(C)(C)C(C)(C)O1.Cc1ccccc1. The van der Waals surface area contributed by atoms with Crippen LogP contribution < -0.4 is 10.6 Å². The molecule has 1 aliphatic heterocycles. The van der Waals surface area contributed by atoms with Gasteiger partial charge in [0.2, 0.25) is 5.91 Å². The topological polar surface area (TPSA) is 76.7 Å². The van der Waals surface area contributed by atoms with Gasteiger partial charge in [-0.1, -0.05) is 92.2 Å². The molecule has 41 heavy (non-hydrogen) atoms. The van der Waals surface area contributed by atoms with Crippen molar-refractivity contribution < 1.29 is 18.9 Å². The molecule has 0 spiro atoms. The van der Waals surface area contributed by atoms with E-state index in [1.165, 1.54) is 5.56 Å². The predicted octanol–water partition coefficient (Wildman–Crippen LogP) is 6.55. The van der Waals surface area contributed by atoms with Crippen molar-refractivity contribution in [3.05, 3.63) is 95.6 Å². The van der Waals surface area contributed by atoms with Gasteiger partial charge in [-0.3, -0.25) is 9.59 Å². The van der Waals surface area contributed by atoms with Crippen LogP contribution in [0.25, 0.3) is 11.1 Å². The third kappa shape index (κ3) is 9.04. The first-order chi connectivity index (χ1) is 19.3. The standard InChI is InChI=1S/C27H37BN2O4.C7H8/c1-18(2)15-23(28-33-26(4,5)27(6,7)34-28)30-24(31)17-29-25(32)22-16-21(14-13-19(22)3)20-11-9-8-10-12-20;1-7-5-3-2-4-6-7/h8-14,16,18,23H,15,17H2,1-7H3,(H,29,32)(H,30,31);2-6H,1H3. The molecule has 2 amide bonds. The van der Waals surface area contributed by atoms with Crippen LogP contribution in [0.4, 0.5) is 0 Å². The van der Waals surface area contributed by atoms with Gasteiger partial charge in [0, 0.05) is 5.56 Å². The molecule has 0 saturated carbocycles. The number of rotatable bonds is 8. The number of carbonyl (C=O) groups excluding carboxylic acids is 2. The fourth-order valence-corrected chi connectivity index (χ4v) is 4.52. The maximum absolute atomic E-state index is 12.9. The van der Waals surface area contributed by atoms with E-state index in [9.17, 15) is 9.59 Å². The first kappa shape index (κ1) is 32.1. The van der Waals surface area contributed by atoms with Crippen LogP contribution in [-0.2, 0) is 14.1 Å². The van der Waals surface area contributed by atoms with Crippen LogP contribution in [0.5, 0.6) is 0 Å². The van der Waals surface area contributed by atoms with Crippen molar-refractivity contribution in [2.45, 2.75) is 79.0 Å². The molecule has 218 valence electrons. The lowest BCUT2D eigenvalue weighted by Gasteiger charge is -2.32. The van der Waals surface area contributed by atoms with E-state index in [4.69, 9.17) is 9.31 Å². The molecule has 1 saturated heterocycles. The van der Waals surface area contributed by atoms with Gasteiger partial charge in [0.15, 0.2) is 0 Å². The number of hydrogen-bond donors (Lipinski definition) is 2. The summed E-state index contributed by atoms with van der Waals surface area (Å²) in [5.74, 6) is -0.525. The molecule has 1 aliphatic rings. The summed E-state index contributed by atoms with van der Waals surface area (Å²) in [6.45, 7) is 16.0. The van der Waals surface area contributed by atoms with Gasteiger partial charge in [0.05, 0.1) is 23.7 Å². The highest BCUT2D eigenvalue weighted by atomic mass is 16.7. The number of amides is 2. The summed E-state index contributed by atoms with van der Waals surface area (Å²) in [7, 11) is -0.545. The first-order valence-electron chi connectivity index (χ1n) is 14.4. The molecular weight excluding hydrogens is 511 g/mol. The third-order valence-corrected chi connectivity index (χ3v) is 7.61. The van der Waals surface area contributed by atoms with Crippen LogP contribution in [0.3, 0.4) is 0 Å². The molecule has 4 rings (SSSR count). The third-order valence-electron chi connectivity index (χ3n) is 7.61. The summed E-state index contributed by atoms with van der Waals surface area (Å²) in [5.41, 5.74) is 3.76. The number of hydrogen-bond acceptors (Lipinski definition) is 4. The summed E-state index contributed by atoms with van der Waals surface area (Å²) in [5, 5.41) is 5.79. The van der Waals surface area contributed by atoms with Crippen LogP contribution in [0.1, 0.15) is 69.4 Å². The molecule has 3 aromatic carbocycles. The van der Waals surface area contributed by atoms with Crippen molar-refractivity contribution in [3.8, 4) is 11.1 Å². The molecule has 0 radical (unpaired) electrons. The van der Waals surface area contributed by atoms with Gasteiger partial charge in [0.25, 0.3) is 5.91 Å². The van der Waals surface area contributed by atoms with Crippen molar-refractivity contribution in [3.63, 3.8) is 0 Å². The van der Waals surface area contributed by atoms with Gasteiger partial charge < -0.3 is 19.9 Å². The zero-order valence-electron chi connectivity index (χ0n) is 25.8. The van der Waals surface area contributed by atoms with Crippen LogP contribution in [-0.4, -0.2) is 42.6 Å². The van der Waals surface area contributed by atoms with E-state index in [1.54, 1.807) is 0 Å². The second-order valence-electron chi connectivity index (χ2n) is 12.2. The van der Waals surface area contributed by atoms with Crippen molar-refractivity contribution in [2.24, 2.45) is 5.92 Å². The molecule has 1 fully saturated rings. The molecule has 1 unspecified atom stereocenters. The molecule has 6 nitrogen and oxygen atoms in total. The zero-order valence-corrected chi connectivity index (χ0v) is 25.8. The Bertz CT molecular complexity index is 1280. The lowest BCUT2D eigenvalue weighted by Crippen LogP contribution is -2.51. The highest BCUT2D eigenvalue weighted by Gasteiger charge is 2.54. The maximum atomic E-state index is 12.9. The number of benzene rings is 3. The number of carbonyl (C=O) groups is 2. The second-order valence-corrected chi connectivity index (χ2v) is 12.2. The van der Waals surface area contributed by atoms with E-state index in [0.717, 1.165) is 16.7 Å². The molecule has 1 heterocycles. The summed E-state index contributed by atoms with van der Waals surface area (Å²) < 4.78 is 12.3. The molecule has 0 aliphatic carbocycles. The van der Waals surface area contributed by atoms with Crippen molar-refractivity contribution in [1.82, 2.24) is 10.6 Å². The largest absolute Gasteiger partial charge is 0.481 e. The molecular formula is C34H45BN2O4. The quantitative estimate of drug-likeness (QED) is 0.309. The van der Waals surface area contributed by atoms with Crippen LogP contribution in [0, 0.1) is 19.8 Å². The molecule has 3 aromatic rings. The summed E-state index contributed by atoms with van der Waals surface area (Å²) in [4.78, 5) is 25.7. The van der Waals surface area contributed by atoms with Gasteiger partial charge >= 0.3 is 7.12 Å². The van der Waals surface area contributed by atoms with Crippen molar-refractivity contribution in [2.75, 3.05) is 6.54 Å². The Morgan fingerprint density at radius 2 is 1.37 bits per heavy atom. The Kier molecular flexibility index (Phi) is 10.9. The Hall–Kier alpha value is -3.42. The van der Waals surface area contributed by atoms with E-state index >= 15 is 0 Å². The maximum Gasteiger partial charge on any atom is 0.481 e. The second kappa shape index (κ2) is 14.0.